The molecular formula is C21H35N5O4. The van der Waals surface area contributed by atoms with Gasteiger partial charge in [0.1, 0.15) is 5.76 Å². The maximum Gasteiger partial charge on any atom is 0.234 e. The monoisotopic (exact) mass is 421 g/mol. The van der Waals surface area contributed by atoms with Crippen LogP contribution in [0, 0.1) is 5.92 Å². The summed E-state index contributed by atoms with van der Waals surface area (Å²) in [4.78, 5) is 21.4. The Hall–Kier alpha value is -2.10. The number of rotatable bonds is 10. The van der Waals surface area contributed by atoms with E-state index in [1.54, 1.807) is 13.4 Å². The van der Waals surface area contributed by atoms with Crippen LogP contribution in [0.4, 0.5) is 0 Å². The third-order valence-corrected chi connectivity index (χ3v) is 5.43. The average molecular weight is 422 g/mol. The van der Waals surface area contributed by atoms with Crippen molar-refractivity contribution in [3.05, 3.63) is 24.2 Å². The van der Waals surface area contributed by atoms with Gasteiger partial charge in [0.2, 0.25) is 5.91 Å². The summed E-state index contributed by atoms with van der Waals surface area (Å²) in [6, 6.07) is 3.90. The Kier molecular flexibility index (Phi) is 9.46. The molecular weight excluding hydrogens is 386 g/mol. The summed E-state index contributed by atoms with van der Waals surface area (Å²) < 4.78 is 15.9. The molecule has 168 valence electrons. The van der Waals surface area contributed by atoms with Crippen molar-refractivity contribution in [2.45, 2.75) is 12.8 Å². The summed E-state index contributed by atoms with van der Waals surface area (Å²) in [7, 11) is 1.63. The van der Waals surface area contributed by atoms with Gasteiger partial charge in [0, 0.05) is 71.9 Å². The van der Waals surface area contributed by atoms with E-state index in [2.05, 4.69) is 20.4 Å². The smallest absolute Gasteiger partial charge is 0.234 e. The van der Waals surface area contributed by atoms with Gasteiger partial charge >= 0.3 is 0 Å². The molecule has 9 nitrogen and oxygen atoms in total. The summed E-state index contributed by atoms with van der Waals surface area (Å²) >= 11 is 0. The van der Waals surface area contributed by atoms with Crippen LogP contribution in [0.2, 0.25) is 0 Å². The maximum atomic E-state index is 12.0. The van der Waals surface area contributed by atoms with Crippen LogP contribution in [0.5, 0.6) is 0 Å². The number of methoxy groups -OCH3 is 1. The number of carbonyl (C=O) groups is 1. The van der Waals surface area contributed by atoms with Crippen molar-refractivity contribution in [1.82, 2.24) is 20.4 Å². The summed E-state index contributed by atoms with van der Waals surface area (Å²) in [5.74, 6) is 2.46. The minimum Gasteiger partial charge on any atom is -0.469 e. The zero-order valence-electron chi connectivity index (χ0n) is 18.0. The van der Waals surface area contributed by atoms with E-state index < -0.39 is 0 Å². The lowest BCUT2D eigenvalue weighted by atomic mass is 10.1. The molecule has 30 heavy (non-hydrogen) atoms. The van der Waals surface area contributed by atoms with Crippen molar-refractivity contribution in [1.29, 1.82) is 0 Å². The largest absolute Gasteiger partial charge is 0.469 e. The molecule has 0 saturated carbocycles. The van der Waals surface area contributed by atoms with E-state index >= 15 is 0 Å². The van der Waals surface area contributed by atoms with Gasteiger partial charge in [0.15, 0.2) is 5.96 Å². The maximum absolute atomic E-state index is 12.0. The zero-order chi connectivity index (χ0) is 21.0. The molecule has 2 saturated heterocycles. The lowest BCUT2D eigenvalue weighted by molar-refractivity contribution is -0.122. The third-order valence-electron chi connectivity index (χ3n) is 5.43. The topological polar surface area (TPSA) is 91.6 Å². The molecule has 0 aliphatic carbocycles. The van der Waals surface area contributed by atoms with Crippen LogP contribution in [0.3, 0.4) is 0 Å². The van der Waals surface area contributed by atoms with Gasteiger partial charge < -0.3 is 29.4 Å². The SMILES string of the molecule is COCCNC(=O)CN1CCN(C(=NCC2CCOC2)NCCc2ccco2)CC1. The standard InChI is InChI=1S/C21H35N5O4/c1-28-14-7-22-20(27)16-25-8-10-26(11-9-25)21(24-15-18-5-13-29-17-18)23-6-4-19-3-2-12-30-19/h2-3,12,18H,4-11,13-17H2,1H3,(H,22,27)(H,23,24). The molecule has 1 aromatic heterocycles. The van der Waals surface area contributed by atoms with Gasteiger partial charge in [0.25, 0.3) is 0 Å². The molecule has 0 radical (unpaired) electrons. The molecule has 1 aromatic rings. The number of guanidine groups is 1. The van der Waals surface area contributed by atoms with Crippen LogP contribution in [0.15, 0.2) is 27.8 Å². The van der Waals surface area contributed by atoms with E-state index in [-0.39, 0.29) is 5.91 Å². The van der Waals surface area contributed by atoms with E-state index in [4.69, 9.17) is 18.9 Å². The van der Waals surface area contributed by atoms with E-state index in [1.165, 1.54) is 0 Å². The average Bonchev–Trinajstić information content (AvgIpc) is 3.46. The number of carbonyl (C=O) groups excluding carboxylic acids is 1. The Morgan fingerprint density at radius 3 is 2.83 bits per heavy atom. The van der Waals surface area contributed by atoms with Gasteiger partial charge in [0.05, 0.1) is 26.0 Å². The van der Waals surface area contributed by atoms with Crippen LogP contribution in [-0.2, 0) is 20.7 Å². The second kappa shape index (κ2) is 12.6. The highest BCUT2D eigenvalue weighted by Crippen LogP contribution is 2.13. The minimum atomic E-state index is 0.0483. The van der Waals surface area contributed by atoms with Crippen molar-refractivity contribution in [3.8, 4) is 0 Å². The Labute approximate surface area is 178 Å². The first kappa shape index (κ1) is 22.6. The van der Waals surface area contributed by atoms with E-state index in [0.29, 0.717) is 25.6 Å². The molecule has 2 N–H and O–H groups in total. The normalized spacial score (nSPS) is 20.5. The Balaban J connectivity index is 1.46. The highest BCUT2D eigenvalue weighted by molar-refractivity contribution is 5.80. The van der Waals surface area contributed by atoms with Crippen molar-refractivity contribution >= 4 is 11.9 Å². The molecule has 9 heteroatoms. The van der Waals surface area contributed by atoms with Crippen LogP contribution >= 0.6 is 0 Å². The Morgan fingerprint density at radius 2 is 2.13 bits per heavy atom. The van der Waals surface area contributed by atoms with Crippen molar-refractivity contribution < 1.29 is 18.7 Å². The van der Waals surface area contributed by atoms with E-state index in [1.807, 2.05) is 12.1 Å². The molecule has 0 bridgehead atoms. The molecule has 1 unspecified atom stereocenters. The number of hydrogen-bond donors (Lipinski definition) is 2. The number of nitrogens with zero attached hydrogens (tertiary/aromatic N) is 3. The first-order valence-corrected chi connectivity index (χ1v) is 10.9. The molecule has 1 amide bonds. The summed E-state index contributed by atoms with van der Waals surface area (Å²) in [5.41, 5.74) is 0. The fourth-order valence-electron chi connectivity index (χ4n) is 3.63. The molecule has 2 aliphatic heterocycles. The number of furan rings is 1. The summed E-state index contributed by atoms with van der Waals surface area (Å²) in [6.07, 6.45) is 3.60. The highest BCUT2D eigenvalue weighted by atomic mass is 16.5. The van der Waals surface area contributed by atoms with Gasteiger partial charge in [-0.25, -0.2) is 0 Å². The van der Waals surface area contributed by atoms with Gasteiger partial charge in [-0.15, -0.1) is 0 Å². The third kappa shape index (κ3) is 7.62. The van der Waals surface area contributed by atoms with Crippen LogP contribution in [0.25, 0.3) is 0 Å². The highest BCUT2D eigenvalue weighted by Gasteiger charge is 2.22. The lowest BCUT2D eigenvalue weighted by Gasteiger charge is -2.36. The van der Waals surface area contributed by atoms with E-state index in [0.717, 1.165) is 77.0 Å². The van der Waals surface area contributed by atoms with Crippen LogP contribution in [0.1, 0.15) is 12.2 Å². The van der Waals surface area contributed by atoms with Crippen molar-refractivity contribution in [3.63, 3.8) is 0 Å². The predicted molar refractivity (Wildman–Crippen MR) is 115 cm³/mol. The predicted octanol–water partition coefficient (Wildman–Crippen LogP) is 0.184. The number of ether oxygens (including phenoxy) is 2. The van der Waals surface area contributed by atoms with Gasteiger partial charge in [-0.05, 0) is 18.6 Å². The van der Waals surface area contributed by atoms with Gasteiger partial charge in [-0.2, -0.15) is 0 Å². The Bertz CT molecular complexity index is 638. The number of piperazine rings is 1. The van der Waals surface area contributed by atoms with Crippen LogP contribution < -0.4 is 10.6 Å². The van der Waals surface area contributed by atoms with Crippen molar-refractivity contribution in [2.75, 3.05) is 79.3 Å². The van der Waals surface area contributed by atoms with Gasteiger partial charge in [-0.3, -0.25) is 14.7 Å². The quantitative estimate of drug-likeness (QED) is 0.316. The number of aliphatic imine (C=N–C) groups is 1. The number of hydrogen-bond acceptors (Lipinski definition) is 6. The number of nitrogens with one attached hydrogen (secondary N) is 2. The second-order valence-corrected chi connectivity index (χ2v) is 7.76. The first-order chi connectivity index (χ1) is 14.7. The molecule has 0 spiro atoms. The zero-order valence-corrected chi connectivity index (χ0v) is 18.0. The van der Waals surface area contributed by atoms with Crippen molar-refractivity contribution in [2.24, 2.45) is 10.9 Å². The Morgan fingerprint density at radius 1 is 1.27 bits per heavy atom. The molecule has 1 atom stereocenters. The number of amides is 1. The lowest BCUT2D eigenvalue weighted by Crippen LogP contribution is -2.54. The van der Waals surface area contributed by atoms with Crippen LogP contribution in [-0.4, -0.2) is 101 Å². The second-order valence-electron chi connectivity index (χ2n) is 7.76. The molecule has 2 fully saturated rings. The van der Waals surface area contributed by atoms with Gasteiger partial charge in [-0.1, -0.05) is 0 Å². The fraction of sp³-hybridized carbons (Fsp3) is 0.714. The fourth-order valence-corrected chi connectivity index (χ4v) is 3.63. The van der Waals surface area contributed by atoms with E-state index in [9.17, 15) is 4.79 Å². The molecule has 2 aliphatic rings. The summed E-state index contributed by atoms with van der Waals surface area (Å²) in [5, 5.41) is 6.39. The molecule has 3 heterocycles. The molecule has 3 rings (SSSR count). The minimum absolute atomic E-state index is 0.0483. The summed E-state index contributed by atoms with van der Waals surface area (Å²) in [6.45, 7) is 8.08. The molecule has 0 aromatic carbocycles. The first-order valence-electron chi connectivity index (χ1n) is 10.9.